The fourth-order valence-electron chi connectivity index (χ4n) is 3.66. The van der Waals surface area contributed by atoms with E-state index >= 15 is 0 Å². The number of carbonyl (C=O) groups is 2. The molecule has 0 spiro atoms. The number of nitrogens with one attached hydrogen (secondary N) is 1. The van der Waals surface area contributed by atoms with Gasteiger partial charge < -0.3 is 10.0 Å². The normalized spacial score (nSPS) is 37.2. The van der Waals surface area contributed by atoms with Crippen LogP contribution >= 0.6 is 0 Å². The minimum Gasteiger partial charge on any atom is -0.481 e. The lowest BCUT2D eigenvalue weighted by Gasteiger charge is -2.34. The van der Waals surface area contributed by atoms with E-state index in [0.29, 0.717) is 0 Å². The molecule has 2 fully saturated rings. The molecule has 2 bridgehead atoms. The van der Waals surface area contributed by atoms with E-state index in [1.54, 1.807) is 0 Å². The molecule has 1 aliphatic heterocycles. The molecule has 2 aliphatic carbocycles. The molecule has 0 aromatic carbocycles. The predicted octanol–water partition coefficient (Wildman–Crippen LogP) is -0.212. The highest BCUT2D eigenvalue weighted by molar-refractivity contribution is 5.86. The van der Waals surface area contributed by atoms with Gasteiger partial charge in [-0.05, 0) is 25.3 Å². The number of hydrogen-bond donors (Lipinski definition) is 2. The number of aliphatic carboxylic acids is 1. The average molecular weight is 279 g/mol. The highest BCUT2D eigenvalue weighted by Gasteiger charge is 2.51. The molecule has 1 heterocycles. The van der Waals surface area contributed by atoms with Gasteiger partial charge in [-0.2, -0.15) is 0 Å². The van der Waals surface area contributed by atoms with Crippen LogP contribution in [0.2, 0.25) is 0 Å². The van der Waals surface area contributed by atoms with Crippen LogP contribution in [0.15, 0.2) is 12.2 Å². The van der Waals surface area contributed by atoms with Gasteiger partial charge in [-0.25, -0.2) is 5.01 Å². The van der Waals surface area contributed by atoms with Crippen LogP contribution < -0.4 is 5.43 Å². The Kier molecular flexibility index (Phi) is 3.52. The number of rotatable bonds is 3. The SMILES string of the molecule is CN1CCN(NC(=O)[C@@H]2[C@@H](C(=O)O)[C@H]3C=C[C@H]2C3)CC1. The number of piperazine rings is 1. The molecule has 0 aromatic rings. The molecule has 4 atom stereocenters. The van der Waals surface area contributed by atoms with Gasteiger partial charge in [0.2, 0.25) is 5.91 Å². The van der Waals surface area contributed by atoms with Crippen molar-refractivity contribution >= 4 is 11.9 Å². The van der Waals surface area contributed by atoms with E-state index in [1.807, 2.05) is 17.2 Å². The van der Waals surface area contributed by atoms with Crippen molar-refractivity contribution in [2.45, 2.75) is 6.42 Å². The van der Waals surface area contributed by atoms with Crippen molar-refractivity contribution < 1.29 is 14.7 Å². The minimum absolute atomic E-state index is 0.0285. The van der Waals surface area contributed by atoms with Crippen molar-refractivity contribution in [2.24, 2.45) is 23.7 Å². The summed E-state index contributed by atoms with van der Waals surface area (Å²) in [6, 6.07) is 0. The van der Waals surface area contributed by atoms with E-state index < -0.39 is 17.8 Å². The molecule has 2 N–H and O–H groups in total. The lowest BCUT2D eigenvalue weighted by Crippen LogP contribution is -2.55. The van der Waals surface area contributed by atoms with E-state index in [4.69, 9.17) is 0 Å². The number of fused-ring (bicyclic) bond motifs is 2. The number of amides is 1. The second-order valence-electron chi connectivity index (χ2n) is 6.10. The maximum atomic E-state index is 12.4. The summed E-state index contributed by atoms with van der Waals surface area (Å²) in [6.07, 6.45) is 4.78. The predicted molar refractivity (Wildman–Crippen MR) is 72.6 cm³/mol. The fourth-order valence-corrected chi connectivity index (χ4v) is 3.66. The molecule has 3 aliphatic rings. The number of hydrogen-bond acceptors (Lipinski definition) is 4. The van der Waals surface area contributed by atoms with Gasteiger partial charge in [0.1, 0.15) is 0 Å². The monoisotopic (exact) mass is 279 g/mol. The third-order valence-electron chi connectivity index (χ3n) is 4.82. The zero-order valence-electron chi connectivity index (χ0n) is 11.7. The molecule has 0 unspecified atom stereocenters. The summed E-state index contributed by atoms with van der Waals surface area (Å²) in [5.74, 6) is -1.83. The van der Waals surface area contributed by atoms with Gasteiger partial charge in [0.25, 0.3) is 0 Å². The molecule has 1 amide bonds. The Balaban J connectivity index is 1.64. The lowest BCUT2D eigenvalue weighted by atomic mass is 9.82. The van der Waals surface area contributed by atoms with E-state index in [0.717, 1.165) is 32.6 Å². The van der Waals surface area contributed by atoms with Crippen LogP contribution in [-0.2, 0) is 9.59 Å². The third-order valence-corrected chi connectivity index (χ3v) is 4.82. The molecule has 20 heavy (non-hydrogen) atoms. The number of allylic oxidation sites excluding steroid dienone is 2. The first-order valence-electron chi connectivity index (χ1n) is 7.21. The summed E-state index contributed by atoms with van der Waals surface area (Å²) in [5, 5.41) is 11.3. The molecule has 110 valence electrons. The van der Waals surface area contributed by atoms with Crippen molar-refractivity contribution in [3.63, 3.8) is 0 Å². The molecular weight excluding hydrogens is 258 g/mol. The van der Waals surface area contributed by atoms with Gasteiger partial charge in [0.15, 0.2) is 0 Å². The first-order chi connectivity index (χ1) is 9.56. The second kappa shape index (κ2) is 5.18. The van der Waals surface area contributed by atoms with Crippen molar-refractivity contribution in [2.75, 3.05) is 33.2 Å². The number of carboxylic acid groups (broad SMARTS) is 1. The quantitative estimate of drug-likeness (QED) is 0.699. The Morgan fingerprint density at radius 1 is 1.10 bits per heavy atom. The summed E-state index contributed by atoms with van der Waals surface area (Å²) in [7, 11) is 2.06. The number of hydrazine groups is 1. The Bertz CT molecular complexity index is 443. The zero-order valence-corrected chi connectivity index (χ0v) is 11.7. The Morgan fingerprint density at radius 2 is 1.70 bits per heavy atom. The van der Waals surface area contributed by atoms with Crippen molar-refractivity contribution in [1.82, 2.24) is 15.3 Å². The van der Waals surface area contributed by atoms with Crippen LogP contribution in [-0.4, -0.2) is 60.1 Å². The summed E-state index contributed by atoms with van der Waals surface area (Å²) >= 11 is 0. The molecule has 0 aromatic heterocycles. The highest BCUT2D eigenvalue weighted by atomic mass is 16.4. The first kappa shape index (κ1) is 13.6. The molecule has 3 rings (SSSR count). The molecule has 0 radical (unpaired) electrons. The molecule has 1 saturated heterocycles. The Labute approximate surface area is 118 Å². The van der Waals surface area contributed by atoms with E-state index in [2.05, 4.69) is 17.4 Å². The number of carboxylic acids is 1. The highest BCUT2D eigenvalue weighted by Crippen LogP contribution is 2.48. The van der Waals surface area contributed by atoms with Crippen LogP contribution in [0.5, 0.6) is 0 Å². The van der Waals surface area contributed by atoms with Crippen molar-refractivity contribution in [3.8, 4) is 0 Å². The third kappa shape index (κ3) is 2.33. The molecule has 1 saturated carbocycles. The smallest absolute Gasteiger partial charge is 0.307 e. The van der Waals surface area contributed by atoms with E-state index in [-0.39, 0.29) is 17.7 Å². The van der Waals surface area contributed by atoms with Crippen LogP contribution in [0.25, 0.3) is 0 Å². The maximum absolute atomic E-state index is 12.4. The van der Waals surface area contributed by atoms with Gasteiger partial charge in [-0.15, -0.1) is 0 Å². The number of nitrogens with zero attached hydrogens (tertiary/aromatic N) is 2. The topological polar surface area (TPSA) is 72.9 Å². The second-order valence-corrected chi connectivity index (χ2v) is 6.10. The van der Waals surface area contributed by atoms with Gasteiger partial charge >= 0.3 is 5.97 Å². The Morgan fingerprint density at radius 3 is 2.30 bits per heavy atom. The van der Waals surface area contributed by atoms with Crippen LogP contribution in [0.4, 0.5) is 0 Å². The van der Waals surface area contributed by atoms with Crippen molar-refractivity contribution in [3.05, 3.63) is 12.2 Å². The standard InChI is InChI=1S/C14H21N3O3/c1-16-4-6-17(7-5-16)15-13(18)11-9-2-3-10(8-9)12(11)14(19)20/h2-3,9-12H,4-8H2,1H3,(H,15,18)(H,19,20)/t9-,10-,11-,12-/m0/s1. The summed E-state index contributed by atoms with van der Waals surface area (Å²) in [6.45, 7) is 3.41. The van der Waals surface area contributed by atoms with Gasteiger partial charge in [0, 0.05) is 26.2 Å². The van der Waals surface area contributed by atoms with Gasteiger partial charge in [-0.3, -0.25) is 15.0 Å². The first-order valence-corrected chi connectivity index (χ1v) is 7.21. The maximum Gasteiger partial charge on any atom is 0.307 e. The molecule has 6 nitrogen and oxygen atoms in total. The minimum atomic E-state index is -0.847. The molecule has 6 heteroatoms. The van der Waals surface area contributed by atoms with Crippen LogP contribution in [0.1, 0.15) is 6.42 Å². The largest absolute Gasteiger partial charge is 0.481 e. The van der Waals surface area contributed by atoms with Crippen molar-refractivity contribution in [1.29, 1.82) is 0 Å². The summed E-state index contributed by atoms with van der Waals surface area (Å²) in [4.78, 5) is 26.1. The molecular formula is C14H21N3O3. The zero-order chi connectivity index (χ0) is 14.3. The Hall–Kier alpha value is -1.40. The van der Waals surface area contributed by atoms with Gasteiger partial charge in [0.05, 0.1) is 11.8 Å². The average Bonchev–Trinajstić information content (AvgIpc) is 3.01. The number of likely N-dealkylation sites (N-methyl/N-ethyl adjacent to an activating group) is 1. The summed E-state index contributed by atoms with van der Waals surface area (Å²) in [5.41, 5.74) is 2.92. The fraction of sp³-hybridized carbons (Fsp3) is 0.714. The summed E-state index contributed by atoms with van der Waals surface area (Å²) < 4.78 is 0. The lowest BCUT2D eigenvalue weighted by molar-refractivity contribution is -0.149. The van der Waals surface area contributed by atoms with Crippen LogP contribution in [0, 0.1) is 23.7 Å². The van der Waals surface area contributed by atoms with E-state index in [1.165, 1.54) is 0 Å². The van der Waals surface area contributed by atoms with Gasteiger partial charge in [-0.1, -0.05) is 12.2 Å². The van der Waals surface area contributed by atoms with E-state index in [9.17, 15) is 14.7 Å². The van der Waals surface area contributed by atoms with Crippen LogP contribution in [0.3, 0.4) is 0 Å². The number of carbonyl (C=O) groups excluding carboxylic acids is 1.